The van der Waals surface area contributed by atoms with Gasteiger partial charge in [-0.25, -0.2) is 4.98 Å². The molecule has 2 rings (SSSR count). The van der Waals surface area contributed by atoms with Gasteiger partial charge < -0.3 is 11.1 Å². The maximum absolute atomic E-state index is 5.90. The second-order valence-electron chi connectivity index (χ2n) is 3.10. The number of rotatable bonds is 3. The molecule has 0 amide bonds. The Kier molecular flexibility index (Phi) is 3.94. The van der Waals surface area contributed by atoms with Crippen molar-refractivity contribution in [3.63, 3.8) is 0 Å². The van der Waals surface area contributed by atoms with Gasteiger partial charge in [-0.3, -0.25) is 0 Å². The first-order valence-corrected chi connectivity index (χ1v) is 6.85. The maximum Gasteiger partial charge on any atom is 0.223 e. The number of aryl methyl sites for hydroxylation is 1. The number of nitrogens with zero attached hydrogens (tertiary/aromatic N) is 4. The highest BCUT2D eigenvalue weighted by Gasteiger charge is 2.09. The topological polar surface area (TPSA) is 89.6 Å². The van der Waals surface area contributed by atoms with Gasteiger partial charge in [0.25, 0.3) is 0 Å². The van der Waals surface area contributed by atoms with E-state index in [-0.39, 0.29) is 5.95 Å². The fourth-order valence-electron chi connectivity index (χ4n) is 1.12. The number of hydrogen-bond donors (Lipinski definition) is 2. The van der Waals surface area contributed by atoms with Crippen LogP contribution in [0.5, 0.6) is 0 Å². The second-order valence-corrected chi connectivity index (χ2v) is 5.81. The van der Waals surface area contributed by atoms with Gasteiger partial charge in [-0.15, -0.1) is 10.2 Å². The summed E-state index contributed by atoms with van der Waals surface area (Å²) in [5.74, 6) is 0.752. The average molecular weight is 383 g/mol. The minimum atomic E-state index is 0.145. The Morgan fingerprint density at radius 3 is 2.82 bits per heavy atom. The molecular formula is C8H8ClIN6S. The van der Waals surface area contributed by atoms with Crippen LogP contribution in [-0.4, -0.2) is 20.2 Å². The van der Waals surface area contributed by atoms with E-state index in [1.54, 1.807) is 0 Å². The van der Waals surface area contributed by atoms with E-state index in [0.29, 0.717) is 17.5 Å². The summed E-state index contributed by atoms with van der Waals surface area (Å²) in [6.07, 6.45) is 0. The van der Waals surface area contributed by atoms with E-state index < -0.39 is 0 Å². The number of hydrogen-bond acceptors (Lipinski definition) is 7. The van der Waals surface area contributed by atoms with Gasteiger partial charge in [0, 0.05) is 0 Å². The molecule has 90 valence electrons. The number of nitrogens with one attached hydrogen (secondary N) is 1. The standard InChI is InChI=1S/C8H8ClIN6S/c1-3-15-16-4(17-3)2-12-7-5(10)6(9)13-8(11)14-7/h2H2,1H3,(H3,11,12,13,14). The highest BCUT2D eigenvalue weighted by Crippen LogP contribution is 2.24. The van der Waals surface area contributed by atoms with Gasteiger partial charge >= 0.3 is 0 Å². The number of halogens is 2. The van der Waals surface area contributed by atoms with Crippen molar-refractivity contribution in [2.45, 2.75) is 13.5 Å². The van der Waals surface area contributed by atoms with Gasteiger partial charge in [-0.2, -0.15) is 4.98 Å². The summed E-state index contributed by atoms with van der Waals surface area (Å²) in [5.41, 5.74) is 5.53. The van der Waals surface area contributed by atoms with Crippen LogP contribution in [0.4, 0.5) is 11.8 Å². The van der Waals surface area contributed by atoms with Crippen LogP contribution in [0.15, 0.2) is 0 Å². The van der Waals surface area contributed by atoms with Crippen LogP contribution in [-0.2, 0) is 6.54 Å². The zero-order valence-electron chi connectivity index (χ0n) is 8.74. The van der Waals surface area contributed by atoms with Crippen molar-refractivity contribution in [1.82, 2.24) is 20.2 Å². The Bertz CT molecular complexity index is 545. The smallest absolute Gasteiger partial charge is 0.223 e. The molecule has 0 saturated heterocycles. The van der Waals surface area contributed by atoms with Crippen molar-refractivity contribution >= 4 is 57.3 Å². The summed E-state index contributed by atoms with van der Waals surface area (Å²) in [5, 5.41) is 13.2. The van der Waals surface area contributed by atoms with E-state index in [2.05, 4.69) is 48.1 Å². The fraction of sp³-hybridized carbons (Fsp3) is 0.250. The molecule has 0 radical (unpaired) electrons. The molecule has 6 nitrogen and oxygen atoms in total. The Hall–Kier alpha value is -0.740. The lowest BCUT2D eigenvalue weighted by Crippen LogP contribution is -2.07. The van der Waals surface area contributed by atoms with Gasteiger partial charge in [0.05, 0.1) is 10.1 Å². The highest BCUT2D eigenvalue weighted by atomic mass is 127. The average Bonchev–Trinajstić information content (AvgIpc) is 2.67. The molecule has 0 spiro atoms. The van der Waals surface area contributed by atoms with Crippen molar-refractivity contribution in [3.8, 4) is 0 Å². The van der Waals surface area contributed by atoms with Crippen LogP contribution in [0.2, 0.25) is 5.15 Å². The van der Waals surface area contributed by atoms with Crippen LogP contribution < -0.4 is 11.1 Å². The maximum atomic E-state index is 5.90. The highest BCUT2D eigenvalue weighted by molar-refractivity contribution is 14.1. The Labute approximate surface area is 120 Å². The van der Waals surface area contributed by atoms with E-state index in [9.17, 15) is 0 Å². The first-order valence-electron chi connectivity index (χ1n) is 4.57. The van der Waals surface area contributed by atoms with Crippen molar-refractivity contribution < 1.29 is 0 Å². The molecule has 2 heterocycles. The van der Waals surface area contributed by atoms with Crippen molar-refractivity contribution in [2.75, 3.05) is 11.1 Å². The Morgan fingerprint density at radius 2 is 2.18 bits per heavy atom. The van der Waals surface area contributed by atoms with E-state index in [1.165, 1.54) is 11.3 Å². The first kappa shape index (κ1) is 12.7. The van der Waals surface area contributed by atoms with Gasteiger partial charge in [-0.05, 0) is 29.5 Å². The van der Waals surface area contributed by atoms with Crippen molar-refractivity contribution in [2.24, 2.45) is 0 Å². The number of nitrogens with two attached hydrogens (primary N) is 1. The van der Waals surface area contributed by atoms with Crippen molar-refractivity contribution in [1.29, 1.82) is 0 Å². The largest absolute Gasteiger partial charge is 0.368 e. The third kappa shape index (κ3) is 3.13. The number of anilines is 2. The van der Waals surface area contributed by atoms with Gasteiger partial charge in [-0.1, -0.05) is 22.9 Å². The predicted molar refractivity (Wildman–Crippen MR) is 76.1 cm³/mol. The molecule has 0 saturated carbocycles. The van der Waals surface area contributed by atoms with Gasteiger partial charge in [0.2, 0.25) is 5.95 Å². The summed E-state index contributed by atoms with van der Waals surface area (Å²) < 4.78 is 0.736. The second kappa shape index (κ2) is 5.27. The molecule has 0 aliphatic carbocycles. The summed E-state index contributed by atoms with van der Waals surface area (Å²) in [7, 11) is 0. The lowest BCUT2D eigenvalue weighted by atomic mass is 10.5. The number of aromatic nitrogens is 4. The zero-order valence-corrected chi connectivity index (χ0v) is 12.5. The van der Waals surface area contributed by atoms with Crippen LogP contribution in [0.3, 0.4) is 0 Å². The van der Waals surface area contributed by atoms with Crippen LogP contribution in [0.25, 0.3) is 0 Å². The third-order valence-electron chi connectivity index (χ3n) is 1.80. The molecule has 3 N–H and O–H groups in total. The molecule has 2 aromatic heterocycles. The van der Waals surface area contributed by atoms with E-state index in [0.717, 1.165) is 13.6 Å². The molecule has 0 aliphatic heterocycles. The molecule has 17 heavy (non-hydrogen) atoms. The van der Waals surface area contributed by atoms with Crippen molar-refractivity contribution in [3.05, 3.63) is 18.7 Å². The van der Waals surface area contributed by atoms with Crippen LogP contribution >= 0.6 is 45.5 Å². The third-order valence-corrected chi connectivity index (χ3v) is 4.26. The lowest BCUT2D eigenvalue weighted by Gasteiger charge is -2.07. The normalized spacial score (nSPS) is 10.5. The van der Waals surface area contributed by atoms with E-state index >= 15 is 0 Å². The molecule has 0 aliphatic rings. The molecule has 0 bridgehead atoms. The van der Waals surface area contributed by atoms with Gasteiger partial charge in [0.1, 0.15) is 21.0 Å². The quantitative estimate of drug-likeness (QED) is 0.624. The summed E-state index contributed by atoms with van der Waals surface area (Å²) in [6.45, 7) is 2.44. The SMILES string of the molecule is Cc1nnc(CNc2nc(N)nc(Cl)c2I)s1. The minimum Gasteiger partial charge on any atom is -0.368 e. The molecule has 0 atom stereocenters. The Morgan fingerprint density at radius 1 is 1.41 bits per heavy atom. The monoisotopic (exact) mass is 382 g/mol. The van der Waals surface area contributed by atoms with Gasteiger partial charge in [0.15, 0.2) is 0 Å². The minimum absolute atomic E-state index is 0.145. The molecular weight excluding hydrogens is 375 g/mol. The fourth-order valence-corrected chi connectivity index (χ4v) is 2.38. The molecule has 0 unspecified atom stereocenters. The van der Waals surface area contributed by atoms with E-state index in [4.69, 9.17) is 17.3 Å². The Balaban J connectivity index is 2.14. The lowest BCUT2D eigenvalue weighted by molar-refractivity contribution is 0.963. The number of nitrogen functional groups attached to an aromatic ring is 1. The molecule has 0 aromatic carbocycles. The van der Waals surface area contributed by atoms with Crippen LogP contribution in [0.1, 0.15) is 10.0 Å². The molecule has 2 aromatic rings. The van der Waals surface area contributed by atoms with E-state index in [1.807, 2.05) is 6.92 Å². The zero-order chi connectivity index (χ0) is 12.4. The first-order chi connectivity index (χ1) is 8.06. The summed E-state index contributed by atoms with van der Waals surface area (Å²) in [4.78, 5) is 7.93. The molecule has 9 heteroatoms. The summed E-state index contributed by atoms with van der Waals surface area (Å²) in [6, 6.07) is 0. The van der Waals surface area contributed by atoms with Crippen LogP contribution in [0, 0.1) is 10.5 Å². The predicted octanol–water partition coefficient (Wildman–Crippen LogP) is 2.09. The summed E-state index contributed by atoms with van der Waals surface area (Å²) >= 11 is 9.49. The molecule has 0 fully saturated rings.